The monoisotopic (exact) mass is 447 g/mol. The summed E-state index contributed by atoms with van der Waals surface area (Å²) in [6.45, 7) is 7.29. The van der Waals surface area contributed by atoms with E-state index in [1.54, 1.807) is 6.07 Å². The maximum absolute atomic E-state index is 13.0. The van der Waals surface area contributed by atoms with Gasteiger partial charge in [-0.05, 0) is 58.2 Å². The molecule has 2 saturated heterocycles. The van der Waals surface area contributed by atoms with Crippen LogP contribution in [0.5, 0.6) is 0 Å². The van der Waals surface area contributed by atoms with E-state index in [1.165, 1.54) is 4.52 Å². The number of nitrogens with zero attached hydrogens (tertiary/aromatic N) is 4. The number of likely N-dealkylation sites (tertiary alicyclic amines) is 2. The van der Waals surface area contributed by atoms with Crippen LogP contribution >= 0.6 is 0 Å². The van der Waals surface area contributed by atoms with Crippen LogP contribution in [0.3, 0.4) is 0 Å². The van der Waals surface area contributed by atoms with Gasteiger partial charge in [-0.1, -0.05) is 30.3 Å². The topological polar surface area (TPSA) is 73.7 Å². The zero-order chi connectivity index (χ0) is 22.9. The van der Waals surface area contributed by atoms with Crippen LogP contribution in [0.2, 0.25) is 0 Å². The molecular formula is C26H33N5O2. The van der Waals surface area contributed by atoms with Crippen molar-refractivity contribution in [3.05, 3.63) is 69.8 Å². The number of carbonyl (C=O) groups is 1. The van der Waals surface area contributed by atoms with Gasteiger partial charge >= 0.3 is 0 Å². The molecule has 2 aliphatic heterocycles. The number of piperidine rings is 1. The summed E-state index contributed by atoms with van der Waals surface area (Å²) in [5, 5.41) is 3.25. The molecule has 0 aliphatic carbocycles. The summed E-state index contributed by atoms with van der Waals surface area (Å²) in [4.78, 5) is 35.2. The Labute approximate surface area is 194 Å². The van der Waals surface area contributed by atoms with Crippen molar-refractivity contribution in [2.75, 3.05) is 19.6 Å². The van der Waals surface area contributed by atoms with Crippen LogP contribution in [0.25, 0.3) is 5.65 Å². The molecule has 1 atom stereocenters. The Bertz CT molecular complexity index is 1170. The van der Waals surface area contributed by atoms with Crippen LogP contribution < -0.4 is 5.56 Å². The van der Waals surface area contributed by atoms with Crippen molar-refractivity contribution in [3.63, 3.8) is 0 Å². The Kier molecular flexibility index (Phi) is 6.06. The van der Waals surface area contributed by atoms with Gasteiger partial charge in [0.05, 0.1) is 23.9 Å². The lowest BCUT2D eigenvalue weighted by atomic mass is 9.92. The average Bonchev–Trinajstić information content (AvgIpc) is 3.47. The second-order valence-electron chi connectivity index (χ2n) is 9.74. The minimum atomic E-state index is -0.0762. The number of carbonyl (C=O) groups excluding carboxylic acids is 1. The molecule has 0 bridgehead atoms. The number of rotatable bonds is 5. The summed E-state index contributed by atoms with van der Waals surface area (Å²) in [6.07, 6.45) is 4.31. The number of fused-ring (bicyclic) bond motifs is 1. The van der Waals surface area contributed by atoms with Crippen molar-refractivity contribution in [1.29, 1.82) is 0 Å². The standard InChI is InChI=1S/C26H33N5O2/c1-18(2)29-13-10-20(11-14-29)21-17-26(33)31-24(27-21)16-22(28-31)23-9-6-12-30(23)25(32)15-19-7-4-3-5-8-19/h3-5,7-8,16-18,20,23,28H,6,9-15H2,1-2H3. The Morgan fingerprint density at radius 1 is 1.09 bits per heavy atom. The minimum absolute atomic E-state index is 0.0416. The van der Waals surface area contributed by atoms with Crippen molar-refractivity contribution >= 4 is 11.6 Å². The molecule has 7 heteroatoms. The maximum Gasteiger partial charge on any atom is 0.272 e. The Hall–Kier alpha value is -2.93. The van der Waals surface area contributed by atoms with E-state index in [2.05, 4.69) is 23.8 Å². The molecule has 2 fully saturated rings. The quantitative estimate of drug-likeness (QED) is 0.650. The summed E-state index contributed by atoms with van der Waals surface area (Å²) in [7, 11) is 0. The number of hydrogen-bond acceptors (Lipinski definition) is 4. The molecule has 1 unspecified atom stereocenters. The molecule has 33 heavy (non-hydrogen) atoms. The Balaban J connectivity index is 1.36. The van der Waals surface area contributed by atoms with Gasteiger partial charge in [0.1, 0.15) is 0 Å². The third-order valence-electron chi connectivity index (χ3n) is 7.30. The molecular weight excluding hydrogens is 414 g/mol. The lowest BCUT2D eigenvalue weighted by molar-refractivity contribution is -0.131. The van der Waals surface area contributed by atoms with Crippen LogP contribution in [-0.2, 0) is 11.2 Å². The highest BCUT2D eigenvalue weighted by Gasteiger charge is 2.31. The number of nitrogens with one attached hydrogen (secondary N) is 1. The summed E-state index contributed by atoms with van der Waals surface area (Å²) in [5.41, 5.74) is 3.40. The van der Waals surface area contributed by atoms with Gasteiger partial charge in [-0.25, -0.2) is 9.50 Å². The Morgan fingerprint density at radius 3 is 2.58 bits per heavy atom. The highest BCUT2D eigenvalue weighted by molar-refractivity contribution is 5.79. The molecule has 1 amide bonds. The summed E-state index contributed by atoms with van der Waals surface area (Å²) < 4.78 is 1.53. The first-order chi connectivity index (χ1) is 16.0. The van der Waals surface area contributed by atoms with E-state index in [0.717, 1.165) is 62.3 Å². The van der Waals surface area contributed by atoms with Gasteiger partial charge in [0.25, 0.3) is 5.56 Å². The third kappa shape index (κ3) is 4.47. The first-order valence-electron chi connectivity index (χ1n) is 12.2. The average molecular weight is 448 g/mol. The van der Waals surface area contributed by atoms with Crippen LogP contribution in [0, 0.1) is 0 Å². The van der Waals surface area contributed by atoms with Gasteiger partial charge in [0.15, 0.2) is 5.65 Å². The summed E-state index contributed by atoms with van der Waals surface area (Å²) in [6, 6.07) is 14.0. The number of hydrogen-bond donors (Lipinski definition) is 1. The molecule has 3 aromatic rings. The number of aromatic nitrogens is 3. The molecule has 5 rings (SSSR count). The first kappa shape index (κ1) is 21.9. The molecule has 174 valence electrons. The van der Waals surface area contributed by atoms with Crippen molar-refractivity contribution in [2.24, 2.45) is 0 Å². The fraction of sp³-hybridized carbons (Fsp3) is 0.500. The van der Waals surface area contributed by atoms with E-state index in [9.17, 15) is 9.59 Å². The normalized spacial score (nSPS) is 20.2. The molecule has 0 spiro atoms. The summed E-state index contributed by atoms with van der Waals surface area (Å²) in [5.74, 6) is 0.451. The molecule has 1 aromatic carbocycles. The van der Waals surface area contributed by atoms with Crippen LogP contribution in [0.1, 0.15) is 68.4 Å². The lowest BCUT2D eigenvalue weighted by Crippen LogP contribution is -2.38. The molecule has 1 N–H and O–H groups in total. The third-order valence-corrected chi connectivity index (χ3v) is 7.30. The van der Waals surface area contributed by atoms with E-state index >= 15 is 0 Å². The van der Waals surface area contributed by atoms with Crippen molar-refractivity contribution in [2.45, 2.75) is 64.0 Å². The predicted molar refractivity (Wildman–Crippen MR) is 128 cm³/mol. The van der Waals surface area contributed by atoms with E-state index in [1.807, 2.05) is 41.3 Å². The van der Waals surface area contributed by atoms with Gasteiger partial charge in [-0.2, -0.15) is 0 Å². The molecule has 4 heterocycles. The number of amides is 1. The Morgan fingerprint density at radius 2 is 1.85 bits per heavy atom. The number of H-pyrrole nitrogens is 1. The van der Waals surface area contributed by atoms with Gasteiger partial charge in [-0.15, -0.1) is 0 Å². The van der Waals surface area contributed by atoms with Crippen LogP contribution in [-0.4, -0.2) is 56.0 Å². The second-order valence-corrected chi connectivity index (χ2v) is 9.74. The molecule has 2 aliphatic rings. The maximum atomic E-state index is 13.0. The second kappa shape index (κ2) is 9.14. The molecule has 2 aromatic heterocycles. The van der Waals surface area contributed by atoms with Crippen molar-refractivity contribution in [1.82, 2.24) is 24.4 Å². The summed E-state index contributed by atoms with van der Waals surface area (Å²) >= 11 is 0. The van der Waals surface area contributed by atoms with E-state index < -0.39 is 0 Å². The van der Waals surface area contributed by atoms with Crippen LogP contribution in [0.4, 0.5) is 0 Å². The van der Waals surface area contributed by atoms with Gasteiger partial charge in [0.2, 0.25) is 5.91 Å². The highest BCUT2D eigenvalue weighted by atomic mass is 16.2. The minimum Gasteiger partial charge on any atom is -0.334 e. The predicted octanol–water partition coefficient (Wildman–Crippen LogP) is 3.52. The fourth-order valence-corrected chi connectivity index (χ4v) is 5.38. The highest BCUT2D eigenvalue weighted by Crippen LogP contribution is 2.32. The first-order valence-corrected chi connectivity index (χ1v) is 12.2. The van der Waals surface area contributed by atoms with Crippen molar-refractivity contribution in [3.8, 4) is 0 Å². The molecule has 0 saturated carbocycles. The van der Waals surface area contributed by atoms with E-state index in [0.29, 0.717) is 24.0 Å². The number of aromatic amines is 1. The molecule has 7 nitrogen and oxygen atoms in total. The van der Waals surface area contributed by atoms with Gasteiger partial charge in [-0.3, -0.25) is 14.7 Å². The zero-order valence-corrected chi connectivity index (χ0v) is 19.5. The van der Waals surface area contributed by atoms with E-state index in [4.69, 9.17) is 4.98 Å². The smallest absolute Gasteiger partial charge is 0.272 e. The van der Waals surface area contributed by atoms with Gasteiger partial charge in [0, 0.05) is 30.6 Å². The van der Waals surface area contributed by atoms with Crippen molar-refractivity contribution < 1.29 is 4.79 Å². The number of benzene rings is 1. The van der Waals surface area contributed by atoms with E-state index in [-0.39, 0.29) is 17.5 Å². The largest absolute Gasteiger partial charge is 0.334 e. The van der Waals surface area contributed by atoms with Gasteiger partial charge < -0.3 is 9.80 Å². The SMILES string of the molecule is CC(C)N1CCC(c2cc(=O)n3[nH]c(C4CCCN4C(=O)Cc4ccccc4)cc3n2)CC1. The lowest BCUT2D eigenvalue weighted by Gasteiger charge is -2.34. The van der Waals surface area contributed by atoms with Crippen LogP contribution in [0.15, 0.2) is 47.3 Å². The fourth-order valence-electron chi connectivity index (χ4n) is 5.38. The molecule has 0 radical (unpaired) electrons. The zero-order valence-electron chi connectivity index (χ0n) is 19.5.